The number of rotatable bonds is 5. The number of pyridine rings is 1. The van der Waals surface area contributed by atoms with Gasteiger partial charge in [0.15, 0.2) is 0 Å². The Kier molecular flexibility index (Phi) is 4.72. The SMILES string of the molecule is O=C(CCCn1cnnn1)N1CCC(c2ccncc2)CC1. The van der Waals surface area contributed by atoms with Gasteiger partial charge in [0.25, 0.3) is 0 Å². The summed E-state index contributed by atoms with van der Waals surface area (Å²) in [6.45, 7) is 2.37. The van der Waals surface area contributed by atoms with E-state index >= 15 is 0 Å². The molecule has 7 heteroatoms. The van der Waals surface area contributed by atoms with Gasteiger partial charge in [-0.25, -0.2) is 4.68 Å². The number of hydrogen-bond acceptors (Lipinski definition) is 5. The predicted molar refractivity (Wildman–Crippen MR) is 79.8 cm³/mol. The van der Waals surface area contributed by atoms with Crippen LogP contribution in [0.2, 0.25) is 0 Å². The van der Waals surface area contributed by atoms with Crippen LogP contribution in [0.1, 0.15) is 37.2 Å². The monoisotopic (exact) mass is 300 g/mol. The Balaban J connectivity index is 1.42. The summed E-state index contributed by atoms with van der Waals surface area (Å²) in [5.41, 5.74) is 1.33. The van der Waals surface area contributed by atoms with Crippen LogP contribution in [0.25, 0.3) is 0 Å². The van der Waals surface area contributed by atoms with Crippen LogP contribution in [0.4, 0.5) is 0 Å². The van der Waals surface area contributed by atoms with Gasteiger partial charge in [-0.05, 0) is 53.3 Å². The summed E-state index contributed by atoms with van der Waals surface area (Å²) in [6, 6.07) is 4.16. The highest BCUT2D eigenvalue weighted by atomic mass is 16.2. The van der Waals surface area contributed by atoms with E-state index in [-0.39, 0.29) is 5.91 Å². The van der Waals surface area contributed by atoms with E-state index in [1.165, 1.54) is 5.56 Å². The second kappa shape index (κ2) is 7.11. The fourth-order valence-corrected chi connectivity index (χ4v) is 2.93. The summed E-state index contributed by atoms with van der Waals surface area (Å²) in [7, 11) is 0. The Labute approximate surface area is 129 Å². The van der Waals surface area contributed by atoms with Gasteiger partial charge >= 0.3 is 0 Å². The molecular weight excluding hydrogens is 280 g/mol. The van der Waals surface area contributed by atoms with Crippen molar-refractivity contribution in [3.05, 3.63) is 36.4 Å². The topological polar surface area (TPSA) is 76.8 Å². The molecule has 3 heterocycles. The molecule has 7 nitrogen and oxygen atoms in total. The molecule has 2 aromatic rings. The van der Waals surface area contributed by atoms with Crippen LogP contribution in [0, 0.1) is 0 Å². The maximum Gasteiger partial charge on any atom is 0.222 e. The number of carbonyl (C=O) groups is 1. The number of nitrogens with zero attached hydrogens (tertiary/aromatic N) is 6. The molecule has 22 heavy (non-hydrogen) atoms. The highest BCUT2D eigenvalue weighted by Gasteiger charge is 2.23. The molecule has 2 aromatic heterocycles. The third-order valence-corrected chi connectivity index (χ3v) is 4.19. The molecule has 3 rings (SSSR count). The summed E-state index contributed by atoms with van der Waals surface area (Å²) < 4.78 is 1.66. The third kappa shape index (κ3) is 3.66. The minimum absolute atomic E-state index is 0.237. The molecule has 1 aliphatic heterocycles. The van der Waals surface area contributed by atoms with Crippen molar-refractivity contribution in [3.8, 4) is 0 Å². The molecule has 0 atom stereocenters. The Morgan fingerprint density at radius 2 is 2.00 bits per heavy atom. The number of tetrazole rings is 1. The first-order valence-electron chi connectivity index (χ1n) is 7.71. The van der Waals surface area contributed by atoms with E-state index in [0.717, 1.165) is 32.4 Å². The number of piperidine rings is 1. The fourth-order valence-electron chi connectivity index (χ4n) is 2.93. The number of aromatic nitrogens is 5. The van der Waals surface area contributed by atoms with Crippen molar-refractivity contribution >= 4 is 5.91 Å². The predicted octanol–water partition coefficient (Wildman–Crippen LogP) is 1.25. The van der Waals surface area contributed by atoms with Gasteiger partial charge in [0, 0.05) is 38.4 Å². The van der Waals surface area contributed by atoms with E-state index in [1.807, 2.05) is 17.3 Å². The number of hydrogen-bond donors (Lipinski definition) is 0. The number of carbonyl (C=O) groups excluding carboxylic acids is 1. The Hall–Kier alpha value is -2.31. The van der Waals surface area contributed by atoms with Gasteiger partial charge < -0.3 is 4.90 Å². The Morgan fingerprint density at radius 3 is 2.68 bits per heavy atom. The van der Waals surface area contributed by atoms with Crippen molar-refractivity contribution < 1.29 is 4.79 Å². The molecule has 0 aliphatic carbocycles. The second-order valence-corrected chi connectivity index (χ2v) is 5.61. The lowest BCUT2D eigenvalue weighted by atomic mass is 9.90. The van der Waals surface area contributed by atoms with E-state index in [2.05, 4.69) is 32.6 Å². The van der Waals surface area contributed by atoms with Crippen molar-refractivity contribution in [3.63, 3.8) is 0 Å². The van der Waals surface area contributed by atoms with Crippen LogP contribution in [-0.4, -0.2) is 49.1 Å². The smallest absolute Gasteiger partial charge is 0.222 e. The molecule has 0 unspecified atom stereocenters. The van der Waals surface area contributed by atoms with Gasteiger partial charge in [-0.3, -0.25) is 9.78 Å². The average Bonchev–Trinajstić information content (AvgIpc) is 3.09. The molecule has 0 spiro atoms. The largest absolute Gasteiger partial charge is 0.343 e. The summed E-state index contributed by atoms with van der Waals surface area (Å²) in [6.07, 6.45) is 8.64. The lowest BCUT2D eigenvalue weighted by Gasteiger charge is -2.32. The summed E-state index contributed by atoms with van der Waals surface area (Å²) >= 11 is 0. The first-order valence-corrected chi connectivity index (χ1v) is 7.71. The average molecular weight is 300 g/mol. The van der Waals surface area contributed by atoms with Gasteiger partial charge in [-0.15, -0.1) is 5.10 Å². The Morgan fingerprint density at radius 1 is 1.23 bits per heavy atom. The molecule has 0 saturated carbocycles. The lowest BCUT2D eigenvalue weighted by molar-refractivity contribution is -0.132. The van der Waals surface area contributed by atoms with Gasteiger partial charge in [0.2, 0.25) is 5.91 Å². The normalized spacial score (nSPS) is 15.9. The van der Waals surface area contributed by atoms with Crippen LogP contribution in [0.5, 0.6) is 0 Å². The number of aryl methyl sites for hydroxylation is 1. The van der Waals surface area contributed by atoms with Crippen LogP contribution in [0.3, 0.4) is 0 Å². The summed E-state index contributed by atoms with van der Waals surface area (Å²) in [5.74, 6) is 0.787. The number of amides is 1. The molecule has 1 amide bonds. The van der Waals surface area contributed by atoms with Gasteiger partial charge in [0.1, 0.15) is 6.33 Å². The molecule has 1 saturated heterocycles. The zero-order valence-electron chi connectivity index (χ0n) is 12.5. The lowest BCUT2D eigenvalue weighted by Crippen LogP contribution is -2.37. The van der Waals surface area contributed by atoms with E-state index in [0.29, 0.717) is 18.9 Å². The van der Waals surface area contributed by atoms with Crippen molar-refractivity contribution in [2.45, 2.75) is 38.1 Å². The third-order valence-electron chi connectivity index (χ3n) is 4.19. The quantitative estimate of drug-likeness (QED) is 0.830. The van der Waals surface area contributed by atoms with Crippen LogP contribution in [-0.2, 0) is 11.3 Å². The van der Waals surface area contributed by atoms with Crippen molar-refractivity contribution in [1.82, 2.24) is 30.1 Å². The molecule has 116 valence electrons. The Bertz CT molecular complexity index is 577. The van der Waals surface area contributed by atoms with Gasteiger partial charge in [-0.1, -0.05) is 0 Å². The molecule has 0 aromatic carbocycles. The van der Waals surface area contributed by atoms with Crippen molar-refractivity contribution in [1.29, 1.82) is 0 Å². The van der Waals surface area contributed by atoms with E-state index in [9.17, 15) is 4.79 Å². The summed E-state index contributed by atoms with van der Waals surface area (Å²) in [5, 5.41) is 11.0. The molecule has 0 radical (unpaired) electrons. The minimum atomic E-state index is 0.237. The fraction of sp³-hybridized carbons (Fsp3) is 0.533. The highest BCUT2D eigenvalue weighted by molar-refractivity contribution is 5.76. The van der Waals surface area contributed by atoms with Crippen molar-refractivity contribution in [2.24, 2.45) is 0 Å². The second-order valence-electron chi connectivity index (χ2n) is 5.61. The zero-order valence-corrected chi connectivity index (χ0v) is 12.5. The van der Waals surface area contributed by atoms with E-state index in [1.54, 1.807) is 11.0 Å². The first-order chi connectivity index (χ1) is 10.8. The minimum Gasteiger partial charge on any atom is -0.343 e. The first kappa shape index (κ1) is 14.6. The van der Waals surface area contributed by atoms with Crippen LogP contribution < -0.4 is 0 Å². The molecule has 0 N–H and O–H groups in total. The molecular formula is C15H20N6O. The summed E-state index contributed by atoms with van der Waals surface area (Å²) in [4.78, 5) is 18.3. The van der Waals surface area contributed by atoms with Gasteiger partial charge in [-0.2, -0.15) is 0 Å². The van der Waals surface area contributed by atoms with Crippen molar-refractivity contribution in [2.75, 3.05) is 13.1 Å². The number of likely N-dealkylation sites (tertiary alicyclic amines) is 1. The van der Waals surface area contributed by atoms with Gasteiger partial charge in [0.05, 0.1) is 0 Å². The molecule has 1 aliphatic rings. The standard InChI is InChI=1S/C15H20N6O/c22-15(2-1-9-21-12-17-18-19-21)20-10-5-14(6-11-20)13-3-7-16-8-4-13/h3-4,7-8,12,14H,1-2,5-6,9-11H2. The highest BCUT2D eigenvalue weighted by Crippen LogP contribution is 2.27. The molecule has 1 fully saturated rings. The maximum absolute atomic E-state index is 12.2. The maximum atomic E-state index is 12.2. The van der Waals surface area contributed by atoms with E-state index < -0.39 is 0 Å². The molecule has 0 bridgehead atoms. The van der Waals surface area contributed by atoms with Crippen LogP contribution in [0.15, 0.2) is 30.9 Å². The zero-order chi connectivity index (χ0) is 15.2. The van der Waals surface area contributed by atoms with E-state index in [4.69, 9.17) is 0 Å². The van der Waals surface area contributed by atoms with Crippen LogP contribution >= 0.6 is 0 Å².